The van der Waals surface area contributed by atoms with Crippen molar-refractivity contribution in [1.82, 2.24) is 19.9 Å². The molecule has 154 valence electrons. The summed E-state index contributed by atoms with van der Waals surface area (Å²) < 4.78 is 13.4. The van der Waals surface area contributed by atoms with Crippen LogP contribution in [0, 0.1) is 12.7 Å². The predicted molar refractivity (Wildman–Crippen MR) is 110 cm³/mol. The maximum absolute atomic E-state index is 13.4. The van der Waals surface area contributed by atoms with E-state index < -0.39 is 5.82 Å². The first-order chi connectivity index (χ1) is 14.1. The Hall–Kier alpha value is -2.77. The highest BCUT2D eigenvalue weighted by Crippen LogP contribution is 2.22. The Morgan fingerprint density at radius 3 is 2.55 bits per heavy atom. The first kappa shape index (κ1) is 19.5. The largest absolute Gasteiger partial charge is 0.353 e. The zero-order valence-corrected chi connectivity index (χ0v) is 16.8. The van der Waals surface area contributed by atoms with Gasteiger partial charge in [-0.3, -0.25) is 9.78 Å². The average Bonchev–Trinajstić information content (AvgIpc) is 2.74. The van der Waals surface area contributed by atoms with E-state index in [4.69, 9.17) is 4.98 Å². The van der Waals surface area contributed by atoms with Gasteiger partial charge in [0.15, 0.2) is 0 Å². The smallest absolute Gasteiger partial charge is 0.255 e. The Morgan fingerprint density at radius 2 is 1.83 bits per heavy atom. The molecular weight excluding hydrogens is 371 g/mol. The van der Waals surface area contributed by atoms with E-state index in [1.807, 2.05) is 13.0 Å². The number of nitrogens with one attached hydrogen (secondary N) is 1. The Kier molecular flexibility index (Phi) is 5.87. The first-order valence-electron chi connectivity index (χ1n) is 10.4. The highest BCUT2D eigenvalue weighted by molar-refractivity contribution is 5.94. The monoisotopic (exact) mass is 398 g/mol. The normalized spacial score (nSPS) is 18.0. The van der Waals surface area contributed by atoms with E-state index in [0.717, 1.165) is 17.7 Å². The Balaban J connectivity index is 1.39. The Morgan fingerprint density at radius 1 is 1.07 bits per heavy atom. The molecule has 0 bridgehead atoms. The van der Waals surface area contributed by atoms with Crippen molar-refractivity contribution in [3.8, 4) is 0 Å². The van der Waals surface area contributed by atoms with Gasteiger partial charge in [0, 0.05) is 50.2 Å². The topological polar surface area (TPSA) is 74.2 Å². The molecule has 1 N–H and O–H groups in total. The summed E-state index contributed by atoms with van der Waals surface area (Å²) in [5.74, 6) is 0.894. The average molecular weight is 398 g/mol. The number of piperazine rings is 1. The number of rotatable bonds is 4. The van der Waals surface area contributed by atoms with E-state index in [-0.39, 0.29) is 11.5 Å². The molecule has 3 heterocycles. The maximum Gasteiger partial charge on any atom is 0.255 e. The molecule has 4 rings (SSSR count). The fraction of sp³-hybridized carbons (Fsp3) is 0.524. The van der Waals surface area contributed by atoms with Crippen molar-refractivity contribution in [3.63, 3.8) is 0 Å². The Labute approximate surface area is 170 Å². The zero-order chi connectivity index (χ0) is 20.2. The van der Waals surface area contributed by atoms with Crippen molar-refractivity contribution in [2.75, 3.05) is 36.4 Å². The van der Waals surface area contributed by atoms with Crippen molar-refractivity contribution in [2.45, 2.75) is 45.1 Å². The molecule has 0 unspecified atom stereocenters. The second kappa shape index (κ2) is 8.71. The Bertz CT molecular complexity index is 862. The van der Waals surface area contributed by atoms with Gasteiger partial charge < -0.3 is 15.1 Å². The zero-order valence-electron chi connectivity index (χ0n) is 16.8. The summed E-state index contributed by atoms with van der Waals surface area (Å²) in [6, 6.07) is 3.67. The summed E-state index contributed by atoms with van der Waals surface area (Å²) in [5, 5.41) is 3.50. The highest BCUT2D eigenvalue weighted by atomic mass is 19.1. The second-order valence-corrected chi connectivity index (χ2v) is 7.84. The quantitative estimate of drug-likeness (QED) is 0.853. The summed E-state index contributed by atoms with van der Waals surface area (Å²) in [5.41, 5.74) is 1.22. The van der Waals surface area contributed by atoms with Gasteiger partial charge in [0.2, 0.25) is 5.95 Å². The van der Waals surface area contributed by atoms with Gasteiger partial charge in [-0.25, -0.2) is 9.37 Å². The van der Waals surface area contributed by atoms with Crippen LogP contribution in [0.4, 0.5) is 16.2 Å². The van der Waals surface area contributed by atoms with Crippen LogP contribution in [0.25, 0.3) is 0 Å². The lowest BCUT2D eigenvalue weighted by atomic mass is 9.96. The van der Waals surface area contributed by atoms with Crippen LogP contribution in [-0.2, 0) is 0 Å². The van der Waals surface area contributed by atoms with Gasteiger partial charge in [-0.1, -0.05) is 19.3 Å². The number of anilines is 2. The van der Waals surface area contributed by atoms with Crippen LogP contribution in [0.2, 0.25) is 0 Å². The molecule has 2 aliphatic rings. The van der Waals surface area contributed by atoms with E-state index in [1.165, 1.54) is 44.4 Å². The third kappa shape index (κ3) is 4.81. The minimum atomic E-state index is -0.496. The number of halogens is 1. The summed E-state index contributed by atoms with van der Waals surface area (Å²) in [7, 11) is 0. The molecule has 0 radical (unpaired) electrons. The molecule has 29 heavy (non-hydrogen) atoms. The van der Waals surface area contributed by atoms with Crippen LogP contribution < -0.4 is 10.2 Å². The van der Waals surface area contributed by atoms with E-state index in [1.54, 1.807) is 4.90 Å². The second-order valence-electron chi connectivity index (χ2n) is 7.84. The van der Waals surface area contributed by atoms with E-state index in [0.29, 0.717) is 38.2 Å². The summed E-state index contributed by atoms with van der Waals surface area (Å²) in [6.45, 7) is 4.45. The molecule has 1 amide bonds. The molecule has 8 heteroatoms. The molecule has 0 spiro atoms. The molecular formula is C21H27FN6O. The van der Waals surface area contributed by atoms with Gasteiger partial charge in [-0.15, -0.1) is 0 Å². The van der Waals surface area contributed by atoms with Gasteiger partial charge in [-0.2, -0.15) is 4.98 Å². The molecule has 7 nitrogen and oxygen atoms in total. The molecule has 0 atom stereocenters. The number of aryl methyl sites for hydroxylation is 1. The van der Waals surface area contributed by atoms with Crippen molar-refractivity contribution in [1.29, 1.82) is 0 Å². The van der Waals surface area contributed by atoms with Crippen molar-refractivity contribution in [3.05, 3.63) is 41.6 Å². The fourth-order valence-electron chi connectivity index (χ4n) is 4.06. The minimum absolute atomic E-state index is 0.185. The number of hydrogen-bond acceptors (Lipinski definition) is 6. The molecule has 0 aromatic carbocycles. The number of carbonyl (C=O) groups excluding carboxylic acids is 1. The number of amides is 1. The van der Waals surface area contributed by atoms with E-state index >= 15 is 0 Å². The molecule has 1 saturated carbocycles. The number of pyridine rings is 1. The summed E-state index contributed by atoms with van der Waals surface area (Å²) >= 11 is 0. The number of nitrogens with zero attached hydrogens (tertiary/aromatic N) is 5. The number of hydrogen-bond donors (Lipinski definition) is 1. The van der Waals surface area contributed by atoms with Gasteiger partial charge >= 0.3 is 0 Å². The lowest BCUT2D eigenvalue weighted by molar-refractivity contribution is 0.0745. The number of carbonyl (C=O) groups is 1. The van der Waals surface area contributed by atoms with E-state index in [9.17, 15) is 9.18 Å². The molecule has 1 aliphatic carbocycles. The van der Waals surface area contributed by atoms with Gasteiger partial charge in [-0.05, 0) is 25.8 Å². The summed E-state index contributed by atoms with van der Waals surface area (Å²) in [4.78, 5) is 29.6. The van der Waals surface area contributed by atoms with Crippen LogP contribution in [0.1, 0.15) is 48.2 Å². The minimum Gasteiger partial charge on any atom is -0.353 e. The molecule has 2 aromatic rings. The lowest BCUT2D eigenvalue weighted by Gasteiger charge is -2.35. The molecule has 2 aromatic heterocycles. The van der Waals surface area contributed by atoms with Crippen molar-refractivity contribution < 1.29 is 9.18 Å². The van der Waals surface area contributed by atoms with E-state index in [2.05, 4.69) is 20.2 Å². The first-order valence-corrected chi connectivity index (χ1v) is 10.4. The van der Waals surface area contributed by atoms with Gasteiger partial charge in [0.25, 0.3) is 5.91 Å². The van der Waals surface area contributed by atoms with Gasteiger partial charge in [0.1, 0.15) is 11.6 Å². The summed E-state index contributed by atoms with van der Waals surface area (Å²) in [6.07, 6.45) is 8.68. The number of aromatic nitrogens is 3. The maximum atomic E-state index is 13.4. The van der Waals surface area contributed by atoms with Crippen LogP contribution in [0.5, 0.6) is 0 Å². The van der Waals surface area contributed by atoms with Crippen LogP contribution >= 0.6 is 0 Å². The third-order valence-electron chi connectivity index (χ3n) is 5.62. The van der Waals surface area contributed by atoms with Gasteiger partial charge in [0.05, 0.1) is 11.8 Å². The van der Waals surface area contributed by atoms with Crippen molar-refractivity contribution >= 4 is 17.7 Å². The molecule has 1 saturated heterocycles. The van der Waals surface area contributed by atoms with Crippen LogP contribution in [0.3, 0.4) is 0 Å². The van der Waals surface area contributed by atoms with Crippen LogP contribution in [0.15, 0.2) is 24.5 Å². The van der Waals surface area contributed by atoms with Crippen LogP contribution in [-0.4, -0.2) is 58.0 Å². The predicted octanol–water partition coefficient (Wildman–Crippen LogP) is 3.03. The highest BCUT2D eigenvalue weighted by Gasteiger charge is 2.24. The standard InChI is InChI=1S/C21H27FN6O/c1-15-11-19(26-21(24-15)25-18-5-3-2-4-6-18)27-7-9-28(10-8-27)20(29)16-12-17(22)14-23-13-16/h11-14,18H,2-10H2,1H3,(H,24,25,26). The molecule has 1 aliphatic heterocycles. The fourth-order valence-corrected chi connectivity index (χ4v) is 4.06. The van der Waals surface area contributed by atoms with Crippen molar-refractivity contribution in [2.24, 2.45) is 0 Å². The SMILES string of the molecule is Cc1cc(N2CCN(C(=O)c3cncc(F)c3)CC2)nc(NC2CCCCC2)n1. The third-order valence-corrected chi connectivity index (χ3v) is 5.62. The molecule has 2 fully saturated rings. The lowest BCUT2D eigenvalue weighted by Crippen LogP contribution is -2.49.